The van der Waals surface area contributed by atoms with Gasteiger partial charge in [-0.15, -0.1) is 0 Å². The molecule has 1 saturated heterocycles. The quantitative estimate of drug-likeness (QED) is 0.931. The first-order valence-corrected chi connectivity index (χ1v) is 8.98. The number of carbonyl (C=O) groups excluding carboxylic acids is 1. The van der Waals surface area contributed by atoms with Crippen LogP contribution in [-0.2, 0) is 11.2 Å². The van der Waals surface area contributed by atoms with Crippen molar-refractivity contribution in [3.05, 3.63) is 59.9 Å². The largest absolute Gasteiger partial charge is 0.314 e. The van der Waals surface area contributed by atoms with Crippen LogP contribution in [0.5, 0.6) is 0 Å². The summed E-state index contributed by atoms with van der Waals surface area (Å²) in [5.41, 5.74) is 3.51. The molecule has 1 fully saturated rings. The smallest absolute Gasteiger partial charge is 0.241 e. The van der Waals surface area contributed by atoms with E-state index in [-0.39, 0.29) is 18.0 Å². The lowest BCUT2D eigenvalue weighted by Gasteiger charge is -2.37. The van der Waals surface area contributed by atoms with E-state index in [1.54, 1.807) is 6.20 Å². The predicted octanol–water partition coefficient (Wildman–Crippen LogP) is 2.01. The maximum atomic E-state index is 13.1. The highest BCUT2D eigenvalue weighted by atomic mass is 16.2. The highest BCUT2D eigenvalue weighted by Gasteiger charge is 2.33. The molecule has 0 bridgehead atoms. The fourth-order valence-electron chi connectivity index (χ4n) is 4.03. The fraction of sp³-hybridized carbons (Fsp3) is 0.400. The van der Waals surface area contributed by atoms with E-state index >= 15 is 0 Å². The molecule has 0 aliphatic carbocycles. The van der Waals surface area contributed by atoms with Crippen molar-refractivity contribution in [3.63, 3.8) is 0 Å². The third kappa shape index (κ3) is 3.17. The van der Waals surface area contributed by atoms with E-state index < -0.39 is 0 Å². The molecule has 25 heavy (non-hydrogen) atoms. The van der Waals surface area contributed by atoms with Gasteiger partial charge in [0.2, 0.25) is 5.91 Å². The standard InChI is InChI=1S/C20H24N4O/c1-15-11-16-5-2-3-7-18(16)24(15)20(25)14-23-10-9-22-13-19(23)17-6-4-8-21-12-17/h2-8,12,15,19,22H,9-11,13-14H2,1H3. The van der Waals surface area contributed by atoms with E-state index in [1.807, 2.05) is 29.3 Å². The molecule has 1 N–H and O–H groups in total. The molecule has 4 rings (SSSR count). The number of hydrogen-bond donors (Lipinski definition) is 1. The number of rotatable bonds is 3. The number of fused-ring (bicyclic) bond motifs is 1. The summed E-state index contributed by atoms with van der Waals surface area (Å²) >= 11 is 0. The second kappa shape index (κ2) is 6.94. The van der Waals surface area contributed by atoms with Gasteiger partial charge < -0.3 is 10.2 Å². The maximum absolute atomic E-state index is 13.1. The molecular formula is C20H24N4O. The third-order valence-corrected chi connectivity index (χ3v) is 5.24. The summed E-state index contributed by atoms with van der Waals surface area (Å²) in [5, 5.41) is 3.44. The molecule has 2 aliphatic rings. The number of carbonyl (C=O) groups is 1. The number of hydrogen-bond acceptors (Lipinski definition) is 4. The van der Waals surface area contributed by atoms with Crippen LogP contribution >= 0.6 is 0 Å². The van der Waals surface area contributed by atoms with Crippen LogP contribution < -0.4 is 10.2 Å². The number of aromatic nitrogens is 1. The Morgan fingerprint density at radius 3 is 3.00 bits per heavy atom. The minimum Gasteiger partial charge on any atom is -0.314 e. The minimum atomic E-state index is 0.188. The van der Waals surface area contributed by atoms with Gasteiger partial charge in [0, 0.05) is 49.8 Å². The van der Waals surface area contributed by atoms with Crippen LogP contribution in [0.2, 0.25) is 0 Å². The average molecular weight is 336 g/mol. The zero-order valence-corrected chi connectivity index (χ0v) is 14.6. The monoisotopic (exact) mass is 336 g/mol. The number of nitrogens with one attached hydrogen (secondary N) is 1. The Bertz CT molecular complexity index is 748. The first-order chi connectivity index (χ1) is 12.2. The minimum absolute atomic E-state index is 0.188. The predicted molar refractivity (Wildman–Crippen MR) is 98.5 cm³/mol. The lowest BCUT2D eigenvalue weighted by molar-refractivity contribution is -0.120. The summed E-state index contributed by atoms with van der Waals surface area (Å²) in [6, 6.07) is 12.7. The lowest BCUT2D eigenvalue weighted by Crippen LogP contribution is -2.51. The molecule has 5 heteroatoms. The van der Waals surface area contributed by atoms with E-state index in [4.69, 9.17) is 0 Å². The summed E-state index contributed by atoms with van der Waals surface area (Å²) in [7, 11) is 0. The SMILES string of the molecule is CC1Cc2ccccc2N1C(=O)CN1CCNCC1c1cccnc1. The molecule has 130 valence electrons. The van der Waals surface area contributed by atoms with Gasteiger partial charge in [-0.1, -0.05) is 24.3 Å². The molecule has 0 radical (unpaired) electrons. The van der Waals surface area contributed by atoms with Gasteiger partial charge in [0.15, 0.2) is 0 Å². The molecular weight excluding hydrogens is 312 g/mol. The van der Waals surface area contributed by atoms with Crippen LogP contribution in [0, 0.1) is 0 Å². The lowest BCUT2D eigenvalue weighted by atomic mass is 10.1. The third-order valence-electron chi connectivity index (χ3n) is 5.24. The molecule has 0 spiro atoms. The molecule has 1 aromatic carbocycles. The topological polar surface area (TPSA) is 48.5 Å². The molecule has 3 heterocycles. The van der Waals surface area contributed by atoms with E-state index in [2.05, 4.69) is 40.3 Å². The average Bonchev–Trinajstić information content (AvgIpc) is 2.98. The number of benzene rings is 1. The van der Waals surface area contributed by atoms with Crippen LogP contribution in [0.3, 0.4) is 0 Å². The second-order valence-electron chi connectivity index (χ2n) is 6.92. The zero-order chi connectivity index (χ0) is 17.2. The van der Waals surface area contributed by atoms with Gasteiger partial charge in [-0.25, -0.2) is 0 Å². The van der Waals surface area contributed by atoms with Crippen molar-refractivity contribution in [2.75, 3.05) is 31.1 Å². The van der Waals surface area contributed by atoms with Gasteiger partial charge in [-0.05, 0) is 36.6 Å². The van der Waals surface area contributed by atoms with Crippen molar-refractivity contribution in [1.29, 1.82) is 0 Å². The number of pyridine rings is 1. The number of piperazine rings is 1. The van der Waals surface area contributed by atoms with Crippen LogP contribution in [-0.4, -0.2) is 48.0 Å². The van der Waals surface area contributed by atoms with Crippen LogP contribution in [0.15, 0.2) is 48.8 Å². The fourth-order valence-corrected chi connectivity index (χ4v) is 4.03. The normalized spacial score (nSPS) is 23.5. The van der Waals surface area contributed by atoms with Gasteiger partial charge in [0.1, 0.15) is 0 Å². The van der Waals surface area contributed by atoms with Crippen molar-refractivity contribution in [3.8, 4) is 0 Å². The Morgan fingerprint density at radius 1 is 1.28 bits per heavy atom. The Hall–Kier alpha value is -2.24. The van der Waals surface area contributed by atoms with E-state index in [0.717, 1.165) is 37.3 Å². The van der Waals surface area contributed by atoms with Gasteiger partial charge in [0.05, 0.1) is 6.54 Å². The first-order valence-electron chi connectivity index (χ1n) is 8.98. The van der Waals surface area contributed by atoms with Crippen LogP contribution in [0.1, 0.15) is 24.1 Å². The molecule has 1 amide bonds. The summed E-state index contributed by atoms with van der Waals surface area (Å²) < 4.78 is 0. The molecule has 2 atom stereocenters. The summed E-state index contributed by atoms with van der Waals surface area (Å²) in [6.07, 6.45) is 4.64. The van der Waals surface area contributed by atoms with Gasteiger partial charge in [0.25, 0.3) is 0 Å². The first kappa shape index (κ1) is 16.2. The molecule has 2 unspecified atom stereocenters. The Morgan fingerprint density at radius 2 is 2.16 bits per heavy atom. The summed E-state index contributed by atoms with van der Waals surface area (Å²) in [6.45, 7) is 5.21. The van der Waals surface area contributed by atoms with Gasteiger partial charge in [-0.3, -0.25) is 14.7 Å². The summed E-state index contributed by atoms with van der Waals surface area (Å²) in [5.74, 6) is 0.188. The molecule has 5 nitrogen and oxygen atoms in total. The Kier molecular flexibility index (Phi) is 4.51. The van der Waals surface area contributed by atoms with Crippen LogP contribution in [0.4, 0.5) is 5.69 Å². The van der Waals surface area contributed by atoms with Crippen molar-refractivity contribution < 1.29 is 4.79 Å². The summed E-state index contributed by atoms with van der Waals surface area (Å²) in [4.78, 5) is 21.6. The highest BCUT2D eigenvalue weighted by molar-refractivity contribution is 5.97. The van der Waals surface area contributed by atoms with Gasteiger partial charge >= 0.3 is 0 Å². The van der Waals surface area contributed by atoms with E-state index in [0.29, 0.717) is 6.54 Å². The molecule has 0 saturated carbocycles. The molecule has 2 aromatic rings. The second-order valence-corrected chi connectivity index (χ2v) is 6.92. The van der Waals surface area contributed by atoms with E-state index in [1.165, 1.54) is 5.56 Å². The number of anilines is 1. The van der Waals surface area contributed by atoms with Gasteiger partial charge in [-0.2, -0.15) is 0 Å². The highest BCUT2D eigenvalue weighted by Crippen LogP contribution is 2.32. The zero-order valence-electron chi connectivity index (χ0n) is 14.6. The van der Waals surface area contributed by atoms with Crippen molar-refractivity contribution >= 4 is 11.6 Å². The number of nitrogens with zero attached hydrogens (tertiary/aromatic N) is 3. The number of para-hydroxylation sites is 1. The molecule has 2 aliphatic heterocycles. The Labute approximate surface area is 148 Å². The van der Waals surface area contributed by atoms with Crippen molar-refractivity contribution in [1.82, 2.24) is 15.2 Å². The van der Waals surface area contributed by atoms with Crippen molar-refractivity contribution in [2.45, 2.75) is 25.4 Å². The van der Waals surface area contributed by atoms with Crippen molar-refractivity contribution in [2.24, 2.45) is 0 Å². The molecule has 1 aromatic heterocycles. The van der Waals surface area contributed by atoms with E-state index in [9.17, 15) is 4.79 Å². The maximum Gasteiger partial charge on any atom is 0.241 e. The number of amides is 1. The van der Waals surface area contributed by atoms with Crippen LogP contribution in [0.25, 0.3) is 0 Å². The Balaban J connectivity index is 1.53.